The molecule has 20 heavy (non-hydrogen) atoms. The number of rotatable bonds is 2. The highest BCUT2D eigenvalue weighted by molar-refractivity contribution is 9.10. The van der Waals surface area contributed by atoms with Gasteiger partial charge in [-0.15, -0.1) is 0 Å². The van der Waals surface area contributed by atoms with Crippen molar-refractivity contribution in [2.45, 2.75) is 18.9 Å². The molecule has 0 fully saturated rings. The lowest BCUT2D eigenvalue weighted by atomic mass is 10.1. The van der Waals surface area contributed by atoms with Crippen molar-refractivity contribution in [1.82, 2.24) is 0 Å². The van der Waals surface area contributed by atoms with Gasteiger partial charge in [0.05, 0.1) is 16.6 Å². The maximum Gasteiger partial charge on any atom is 0.101 e. The van der Waals surface area contributed by atoms with E-state index in [1.807, 2.05) is 6.07 Å². The van der Waals surface area contributed by atoms with E-state index in [0.717, 1.165) is 23.0 Å². The lowest BCUT2D eigenvalue weighted by Crippen LogP contribution is -2.07. The molecule has 0 bridgehead atoms. The Morgan fingerprint density at radius 2 is 2.10 bits per heavy atom. The molecule has 0 aliphatic heterocycles. The van der Waals surface area contributed by atoms with Gasteiger partial charge in [0.25, 0.3) is 0 Å². The number of hydrogen-bond donors (Lipinski definition) is 1. The van der Waals surface area contributed by atoms with E-state index in [1.165, 1.54) is 11.1 Å². The van der Waals surface area contributed by atoms with Crippen LogP contribution in [-0.2, 0) is 6.42 Å². The van der Waals surface area contributed by atoms with Crippen LogP contribution in [0.15, 0.2) is 40.9 Å². The Kier molecular flexibility index (Phi) is 3.69. The van der Waals surface area contributed by atoms with E-state index in [2.05, 4.69) is 45.5 Å². The van der Waals surface area contributed by atoms with Crippen LogP contribution in [0.25, 0.3) is 0 Å². The van der Waals surface area contributed by atoms with Crippen molar-refractivity contribution in [3.63, 3.8) is 0 Å². The summed E-state index contributed by atoms with van der Waals surface area (Å²) in [6.45, 7) is 0. The number of fused-ring (bicyclic) bond motifs is 1. The van der Waals surface area contributed by atoms with Gasteiger partial charge in [-0.2, -0.15) is 5.26 Å². The minimum atomic E-state index is 0.297. The number of nitriles is 1. The van der Waals surface area contributed by atoms with Gasteiger partial charge < -0.3 is 5.32 Å². The Balaban J connectivity index is 1.86. The lowest BCUT2D eigenvalue weighted by Gasteiger charge is -2.16. The first-order valence-corrected chi connectivity index (χ1v) is 7.59. The van der Waals surface area contributed by atoms with E-state index in [9.17, 15) is 0 Å². The van der Waals surface area contributed by atoms with E-state index in [0.29, 0.717) is 16.6 Å². The molecule has 0 saturated carbocycles. The first-order valence-electron chi connectivity index (χ1n) is 6.42. The van der Waals surface area contributed by atoms with Crippen molar-refractivity contribution in [2.75, 3.05) is 5.32 Å². The van der Waals surface area contributed by atoms with Crippen LogP contribution >= 0.6 is 27.5 Å². The van der Waals surface area contributed by atoms with Crippen molar-refractivity contribution < 1.29 is 0 Å². The van der Waals surface area contributed by atoms with Crippen LogP contribution in [0, 0.1) is 11.3 Å². The predicted molar refractivity (Wildman–Crippen MR) is 85.0 cm³/mol. The van der Waals surface area contributed by atoms with E-state index >= 15 is 0 Å². The lowest BCUT2D eigenvalue weighted by molar-refractivity contribution is 0.762. The second kappa shape index (κ2) is 5.47. The molecular weight excluding hydrogens is 336 g/mol. The summed E-state index contributed by atoms with van der Waals surface area (Å²) in [6, 6.07) is 14.3. The number of benzene rings is 2. The molecule has 1 N–H and O–H groups in total. The van der Waals surface area contributed by atoms with Crippen LogP contribution in [-0.4, -0.2) is 0 Å². The van der Waals surface area contributed by atoms with Crippen LogP contribution < -0.4 is 5.32 Å². The number of anilines is 1. The number of nitrogens with zero attached hydrogens (tertiary/aromatic N) is 1. The van der Waals surface area contributed by atoms with Crippen LogP contribution in [0.1, 0.15) is 29.2 Å². The second-order valence-corrected chi connectivity index (χ2v) is 6.21. The first-order chi connectivity index (χ1) is 9.67. The van der Waals surface area contributed by atoms with E-state index < -0.39 is 0 Å². The number of halogens is 2. The molecular formula is C16H12BrClN2. The third-order valence-corrected chi connectivity index (χ3v) is 4.43. The number of nitrogens with one attached hydrogen (secondary N) is 1. The molecule has 4 heteroatoms. The highest BCUT2D eigenvalue weighted by atomic mass is 79.9. The topological polar surface area (TPSA) is 35.8 Å². The summed E-state index contributed by atoms with van der Waals surface area (Å²) in [7, 11) is 0. The van der Waals surface area contributed by atoms with Gasteiger partial charge >= 0.3 is 0 Å². The largest absolute Gasteiger partial charge is 0.378 e. The summed E-state index contributed by atoms with van der Waals surface area (Å²) < 4.78 is 1.12. The summed E-state index contributed by atoms with van der Waals surface area (Å²) in [5.41, 5.74) is 4.16. The molecule has 1 aliphatic rings. The van der Waals surface area contributed by atoms with Crippen LogP contribution in [0.4, 0.5) is 5.69 Å². The minimum Gasteiger partial charge on any atom is -0.378 e. The van der Waals surface area contributed by atoms with Crippen LogP contribution in [0.2, 0.25) is 5.02 Å². The third-order valence-electron chi connectivity index (χ3n) is 3.61. The number of hydrogen-bond acceptors (Lipinski definition) is 2. The summed E-state index contributed by atoms with van der Waals surface area (Å²) in [5.74, 6) is 0. The van der Waals surface area contributed by atoms with Crippen LogP contribution in [0.3, 0.4) is 0 Å². The third kappa shape index (κ3) is 2.54. The fourth-order valence-corrected chi connectivity index (χ4v) is 3.21. The molecule has 1 aliphatic carbocycles. The van der Waals surface area contributed by atoms with E-state index in [-0.39, 0.29) is 0 Å². The van der Waals surface area contributed by atoms with Crippen molar-refractivity contribution in [1.29, 1.82) is 5.26 Å². The summed E-state index contributed by atoms with van der Waals surface area (Å²) in [5, 5.41) is 13.0. The maximum atomic E-state index is 9.02. The van der Waals surface area contributed by atoms with E-state index in [1.54, 1.807) is 12.1 Å². The molecule has 0 radical (unpaired) electrons. The number of aryl methyl sites for hydroxylation is 1. The molecule has 0 amide bonds. The Morgan fingerprint density at radius 3 is 2.90 bits per heavy atom. The quantitative estimate of drug-likeness (QED) is 0.823. The zero-order chi connectivity index (χ0) is 14.1. The monoisotopic (exact) mass is 346 g/mol. The highest BCUT2D eigenvalue weighted by Gasteiger charge is 2.22. The average molecular weight is 348 g/mol. The van der Waals surface area contributed by atoms with Crippen molar-refractivity contribution in [3.05, 3.63) is 62.6 Å². The van der Waals surface area contributed by atoms with Crippen LogP contribution in [0.5, 0.6) is 0 Å². The molecule has 0 heterocycles. The summed E-state index contributed by atoms with van der Waals surface area (Å²) in [4.78, 5) is 0. The van der Waals surface area contributed by atoms with Gasteiger partial charge in [-0.25, -0.2) is 0 Å². The van der Waals surface area contributed by atoms with Gasteiger partial charge in [-0.05, 0) is 54.3 Å². The predicted octanol–water partition coefficient (Wildman–Crippen LogP) is 5.07. The Morgan fingerprint density at radius 1 is 1.25 bits per heavy atom. The van der Waals surface area contributed by atoms with Gasteiger partial charge in [0.1, 0.15) is 6.07 Å². The molecule has 1 atom stereocenters. The fraction of sp³-hybridized carbons (Fsp3) is 0.188. The zero-order valence-corrected chi connectivity index (χ0v) is 13.0. The van der Waals surface area contributed by atoms with Crippen molar-refractivity contribution in [3.8, 4) is 6.07 Å². The molecule has 0 saturated heterocycles. The van der Waals surface area contributed by atoms with Crippen molar-refractivity contribution >= 4 is 33.2 Å². The Labute approximate surface area is 131 Å². The molecule has 2 aromatic carbocycles. The minimum absolute atomic E-state index is 0.297. The average Bonchev–Trinajstić information content (AvgIpc) is 2.83. The van der Waals surface area contributed by atoms with E-state index in [4.69, 9.17) is 16.9 Å². The van der Waals surface area contributed by atoms with Gasteiger partial charge in [0.15, 0.2) is 0 Å². The molecule has 0 aromatic heterocycles. The molecule has 0 spiro atoms. The highest BCUT2D eigenvalue weighted by Crippen LogP contribution is 2.35. The summed E-state index contributed by atoms with van der Waals surface area (Å²) >= 11 is 9.46. The van der Waals surface area contributed by atoms with Gasteiger partial charge in [0.2, 0.25) is 0 Å². The molecule has 1 unspecified atom stereocenters. The van der Waals surface area contributed by atoms with Gasteiger partial charge in [-0.3, -0.25) is 0 Å². The van der Waals surface area contributed by atoms with Crippen molar-refractivity contribution in [2.24, 2.45) is 0 Å². The summed E-state index contributed by atoms with van der Waals surface area (Å²) in [6.07, 6.45) is 2.14. The fourth-order valence-electron chi connectivity index (χ4n) is 2.64. The standard InChI is InChI=1S/C16H12BrClN2/c17-12-2-4-14-10(7-12)1-6-16(14)20-13-3-5-15(18)11(8-13)9-19/h2-5,7-8,16,20H,1,6H2. The second-order valence-electron chi connectivity index (χ2n) is 4.89. The Bertz CT molecular complexity index is 706. The van der Waals surface area contributed by atoms with Gasteiger partial charge in [-0.1, -0.05) is 33.6 Å². The first kappa shape index (κ1) is 13.5. The molecule has 2 nitrogen and oxygen atoms in total. The smallest absolute Gasteiger partial charge is 0.101 e. The molecule has 100 valence electrons. The SMILES string of the molecule is N#Cc1cc(NC2CCc3cc(Br)ccc32)ccc1Cl. The normalized spacial score (nSPS) is 16.6. The zero-order valence-electron chi connectivity index (χ0n) is 10.7. The molecule has 3 rings (SSSR count). The molecule has 2 aromatic rings. The maximum absolute atomic E-state index is 9.02. The Hall–Kier alpha value is -1.50. The van der Waals surface area contributed by atoms with Gasteiger partial charge in [0, 0.05) is 10.2 Å².